The lowest BCUT2D eigenvalue weighted by Gasteiger charge is -2.37. The molecule has 1 aliphatic heterocycles. The van der Waals surface area contributed by atoms with Crippen molar-refractivity contribution in [1.82, 2.24) is 10.2 Å². The Morgan fingerprint density at radius 3 is 2.65 bits per heavy atom. The second kappa shape index (κ2) is 7.09. The predicted octanol–water partition coefficient (Wildman–Crippen LogP) is -1.02. The van der Waals surface area contributed by atoms with Gasteiger partial charge in [0.1, 0.15) is 12.0 Å². The van der Waals surface area contributed by atoms with Gasteiger partial charge in [-0.3, -0.25) is 9.59 Å². The number of morpholine rings is 1. The van der Waals surface area contributed by atoms with E-state index < -0.39 is 12.0 Å². The van der Waals surface area contributed by atoms with Crippen molar-refractivity contribution in [3.63, 3.8) is 0 Å². The molecule has 0 aromatic carbocycles. The smallest absolute Gasteiger partial charge is 0.244 e. The fraction of sp³-hybridized carbons (Fsp3) is 0.750. The molecule has 1 rings (SSSR count). The Kier molecular flexibility index (Phi) is 5.75. The third-order valence-electron chi connectivity index (χ3n) is 3.33. The number of nitrogens with zero attached hydrogens (tertiary/aromatic N) is 2. The Labute approximate surface area is 117 Å². The van der Waals surface area contributed by atoms with Crippen LogP contribution in [0.2, 0.25) is 0 Å². The van der Waals surface area contributed by atoms with E-state index in [1.807, 2.05) is 0 Å². The van der Waals surface area contributed by atoms with E-state index in [1.54, 1.807) is 13.8 Å². The minimum Gasteiger partial charge on any atom is -0.409 e. The average molecular weight is 286 g/mol. The topological polar surface area (TPSA) is 117 Å². The molecule has 1 saturated heterocycles. The van der Waals surface area contributed by atoms with Crippen molar-refractivity contribution in [2.24, 2.45) is 22.7 Å². The van der Waals surface area contributed by atoms with Crippen LogP contribution in [0.4, 0.5) is 0 Å². The van der Waals surface area contributed by atoms with Crippen molar-refractivity contribution in [2.45, 2.75) is 19.9 Å². The van der Waals surface area contributed by atoms with Crippen molar-refractivity contribution in [1.29, 1.82) is 0 Å². The molecule has 4 N–H and O–H groups in total. The van der Waals surface area contributed by atoms with Gasteiger partial charge in [-0.05, 0) is 5.92 Å². The standard InChI is InChI=1S/C12H22N4O4/c1-7(2)9(10(13)15-19)12(18)16-4-5-20-6-8(16)11(17)14-3/h7-9,19H,4-6H2,1-3H3,(H2,13,15)(H,14,17). The zero-order valence-corrected chi connectivity index (χ0v) is 12.0. The summed E-state index contributed by atoms with van der Waals surface area (Å²) in [6, 6.07) is -0.686. The van der Waals surface area contributed by atoms with E-state index >= 15 is 0 Å². The zero-order chi connectivity index (χ0) is 15.3. The van der Waals surface area contributed by atoms with Crippen LogP contribution in [-0.4, -0.2) is 60.6 Å². The fourth-order valence-electron chi connectivity index (χ4n) is 2.25. The summed E-state index contributed by atoms with van der Waals surface area (Å²) in [5.74, 6) is -1.67. The molecule has 2 unspecified atom stereocenters. The summed E-state index contributed by atoms with van der Waals surface area (Å²) in [7, 11) is 1.50. The Balaban J connectivity index is 2.98. The van der Waals surface area contributed by atoms with Crippen LogP contribution < -0.4 is 11.1 Å². The Bertz CT molecular complexity index is 397. The molecule has 2 atom stereocenters. The largest absolute Gasteiger partial charge is 0.409 e. The molecule has 0 spiro atoms. The lowest BCUT2D eigenvalue weighted by Crippen LogP contribution is -2.58. The molecule has 1 aliphatic rings. The van der Waals surface area contributed by atoms with Crippen molar-refractivity contribution in [2.75, 3.05) is 26.8 Å². The number of likely N-dealkylation sites (N-methyl/N-ethyl adjacent to an activating group) is 1. The maximum atomic E-state index is 12.6. The summed E-state index contributed by atoms with van der Waals surface area (Å²) < 4.78 is 5.25. The highest BCUT2D eigenvalue weighted by molar-refractivity contribution is 6.03. The van der Waals surface area contributed by atoms with Crippen LogP contribution in [0.5, 0.6) is 0 Å². The number of hydrogen-bond acceptors (Lipinski definition) is 5. The molecular weight excluding hydrogens is 264 g/mol. The molecule has 0 bridgehead atoms. The van der Waals surface area contributed by atoms with Gasteiger partial charge in [-0.25, -0.2) is 0 Å². The van der Waals surface area contributed by atoms with Gasteiger partial charge in [0.15, 0.2) is 5.84 Å². The molecule has 0 aromatic rings. The highest BCUT2D eigenvalue weighted by Crippen LogP contribution is 2.18. The first-order valence-corrected chi connectivity index (χ1v) is 6.51. The molecule has 0 radical (unpaired) electrons. The number of carbonyl (C=O) groups excluding carboxylic acids is 2. The monoisotopic (exact) mass is 286 g/mol. The van der Waals surface area contributed by atoms with Crippen LogP contribution in [0.15, 0.2) is 5.16 Å². The molecule has 0 saturated carbocycles. The van der Waals surface area contributed by atoms with E-state index in [0.717, 1.165) is 0 Å². The van der Waals surface area contributed by atoms with Gasteiger partial charge in [-0.2, -0.15) is 0 Å². The molecular formula is C12H22N4O4. The van der Waals surface area contributed by atoms with Crippen LogP contribution in [0, 0.1) is 11.8 Å². The highest BCUT2D eigenvalue weighted by atomic mass is 16.5. The summed E-state index contributed by atoms with van der Waals surface area (Å²) in [6.45, 7) is 4.41. The number of ether oxygens (including phenoxy) is 1. The van der Waals surface area contributed by atoms with Gasteiger partial charge >= 0.3 is 0 Å². The van der Waals surface area contributed by atoms with E-state index in [9.17, 15) is 9.59 Å². The number of carbonyl (C=O) groups is 2. The molecule has 0 aliphatic carbocycles. The third-order valence-corrected chi connectivity index (χ3v) is 3.33. The van der Waals surface area contributed by atoms with Crippen molar-refractivity contribution in [3.05, 3.63) is 0 Å². The quantitative estimate of drug-likeness (QED) is 0.265. The third kappa shape index (κ3) is 3.38. The predicted molar refractivity (Wildman–Crippen MR) is 72.1 cm³/mol. The normalized spacial score (nSPS) is 21.7. The lowest BCUT2D eigenvalue weighted by molar-refractivity contribution is -0.150. The molecule has 0 aromatic heterocycles. The minimum atomic E-state index is -0.759. The van der Waals surface area contributed by atoms with Gasteiger partial charge in [0.25, 0.3) is 0 Å². The van der Waals surface area contributed by atoms with Crippen LogP contribution in [0.25, 0.3) is 0 Å². The summed E-state index contributed by atoms with van der Waals surface area (Å²) in [4.78, 5) is 25.8. The minimum absolute atomic E-state index is 0.145. The molecule has 2 amide bonds. The van der Waals surface area contributed by atoms with Crippen LogP contribution in [0.3, 0.4) is 0 Å². The van der Waals surface area contributed by atoms with Gasteiger partial charge in [0.2, 0.25) is 11.8 Å². The summed E-state index contributed by atoms with van der Waals surface area (Å²) in [6.07, 6.45) is 0. The first-order valence-electron chi connectivity index (χ1n) is 6.51. The lowest BCUT2D eigenvalue weighted by atomic mass is 9.92. The summed E-state index contributed by atoms with van der Waals surface area (Å²) in [5, 5.41) is 14.2. The number of nitrogens with one attached hydrogen (secondary N) is 1. The van der Waals surface area contributed by atoms with Gasteiger partial charge < -0.3 is 25.9 Å². The number of hydrogen-bond donors (Lipinski definition) is 3. The molecule has 20 heavy (non-hydrogen) atoms. The van der Waals surface area contributed by atoms with Gasteiger partial charge in [0, 0.05) is 13.6 Å². The van der Waals surface area contributed by atoms with Crippen molar-refractivity contribution >= 4 is 17.6 Å². The first-order chi connectivity index (χ1) is 9.43. The first kappa shape index (κ1) is 16.2. The summed E-state index contributed by atoms with van der Waals surface area (Å²) >= 11 is 0. The number of oxime groups is 1. The van der Waals surface area contributed by atoms with E-state index in [1.165, 1.54) is 11.9 Å². The maximum absolute atomic E-state index is 12.6. The molecule has 1 fully saturated rings. The SMILES string of the molecule is CNC(=O)C1COCCN1C(=O)C(C(N)=NO)C(C)C. The van der Waals surface area contributed by atoms with E-state index in [4.69, 9.17) is 15.7 Å². The second-order valence-electron chi connectivity index (χ2n) is 4.98. The Morgan fingerprint density at radius 1 is 1.50 bits per heavy atom. The van der Waals surface area contributed by atoms with Crippen molar-refractivity contribution in [3.8, 4) is 0 Å². The Hall–Kier alpha value is -1.83. The zero-order valence-electron chi connectivity index (χ0n) is 12.0. The second-order valence-corrected chi connectivity index (χ2v) is 4.98. The summed E-state index contributed by atoms with van der Waals surface area (Å²) in [5.41, 5.74) is 5.60. The van der Waals surface area contributed by atoms with E-state index in [2.05, 4.69) is 10.5 Å². The molecule has 1 heterocycles. The van der Waals surface area contributed by atoms with Gasteiger partial charge in [-0.1, -0.05) is 19.0 Å². The fourth-order valence-corrected chi connectivity index (χ4v) is 2.25. The Morgan fingerprint density at radius 2 is 2.15 bits per heavy atom. The van der Waals surface area contributed by atoms with Crippen LogP contribution in [-0.2, 0) is 14.3 Å². The van der Waals surface area contributed by atoms with Crippen molar-refractivity contribution < 1.29 is 19.5 Å². The number of amidine groups is 1. The maximum Gasteiger partial charge on any atom is 0.244 e. The number of amides is 2. The van der Waals surface area contributed by atoms with Crippen LogP contribution >= 0.6 is 0 Å². The number of nitrogens with two attached hydrogens (primary N) is 1. The van der Waals surface area contributed by atoms with Gasteiger partial charge in [0.05, 0.1) is 13.2 Å². The average Bonchev–Trinajstić information content (AvgIpc) is 2.45. The highest BCUT2D eigenvalue weighted by Gasteiger charge is 2.38. The van der Waals surface area contributed by atoms with Crippen LogP contribution in [0.1, 0.15) is 13.8 Å². The molecule has 114 valence electrons. The van der Waals surface area contributed by atoms with Gasteiger partial charge in [-0.15, -0.1) is 0 Å². The molecule has 8 heteroatoms. The number of rotatable bonds is 4. The van der Waals surface area contributed by atoms with E-state index in [0.29, 0.717) is 13.2 Å². The van der Waals surface area contributed by atoms with E-state index in [-0.39, 0.29) is 30.2 Å². The molecule has 8 nitrogen and oxygen atoms in total.